The lowest BCUT2D eigenvalue weighted by atomic mass is 10.1. The third kappa shape index (κ3) is 3.64. The maximum absolute atomic E-state index is 12.8. The second-order valence-electron chi connectivity index (χ2n) is 5.98. The topological polar surface area (TPSA) is 80.3 Å². The van der Waals surface area contributed by atoms with E-state index in [1.807, 2.05) is 0 Å². The summed E-state index contributed by atoms with van der Waals surface area (Å²) in [5, 5.41) is 0. The van der Waals surface area contributed by atoms with Gasteiger partial charge < -0.3 is 23.7 Å². The number of benzene rings is 2. The van der Waals surface area contributed by atoms with Crippen molar-refractivity contribution in [3.8, 4) is 23.0 Å². The Morgan fingerprint density at radius 2 is 1.82 bits per heavy atom. The number of carbonyl (C=O) groups excluding carboxylic acids is 2. The molecule has 0 N–H and O–H groups in total. The Hall–Kier alpha value is -3.48. The van der Waals surface area contributed by atoms with Gasteiger partial charge in [0.05, 0.1) is 26.9 Å². The molecule has 0 atom stereocenters. The van der Waals surface area contributed by atoms with E-state index < -0.39 is 5.97 Å². The van der Waals surface area contributed by atoms with Crippen molar-refractivity contribution in [2.75, 3.05) is 27.9 Å². The average Bonchev–Trinajstić information content (AvgIpc) is 3.03. The Bertz CT molecular complexity index is 959. The van der Waals surface area contributed by atoms with Gasteiger partial charge in [-0.05, 0) is 43.3 Å². The third-order valence-corrected chi connectivity index (χ3v) is 4.33. The molecule has 2 aromatic rings. The zero-order valence-corrected chi connectivity index (χ0v) is 16.0. The SMILES string of the molecule is COC(=O)COc1ccc2c(c1C)O/C(=C\c1cc(OC)ccc1OC)C2=O. The molecule has 7 nitrogen and oxygen atoms in total. The van der Waals surface area contributed by atoms with E-state index in [0.29, 0.717) is 39.7 Å². The molecule has 146 valence electrons. The molecular weight excluding hydrogens is 364 g/mol. The van der Waals surface area contributed by atoms with E-state index in [9.17, 15) is 9.59 Å². The summed E-state index contributed by atoms with van der Waals surface area (Å²) in [7, 11) is 4.39. The van der Waals surface area contributed by atoms with Gasteiger partial charge in [0.1, 0.15) is 23.0 Å². The van der Waals surface area contributed by atoms with Gasteiger partial charge in [0, 0.05) is 11.1 Å². The summed E-state index contributed by atoms with van der Waals surface area (Å²) < 4.78 is 26.4. The minimum Gasteiger partial charge on any atom is -0.497 e. The molecule has 7 heteroatoms. The molecule has 0 radical (unpaired) electrons. The van der Waals surface area contributed by atoms with Gasteiger partial charge in [-0.15, -0.1) is 0 Å². The molecular formula is C21H20O7. The number of carbonyl (C=O) groups is 2. The highest BCUT2D eigenvalue weighted by Crippen LogP contribution is 2.40. The quantitative estimate of drug-likeness (QED) is 0.559. The van der Waals surface area contributed by atoms with Crippen molar-refractivity contribution in [2.45, 2.75) is 6.92 Å². The Morgan fingerprint density at radius 1 is 1.07 bits per heavy atom. The Balaban J connectivity index is 1.92. The molecule has 2 aromatic carbocycles. The molecule has 28 heavy (non-hydrogen) atoms. The van der Waals surface area contributed by atoms with Crippen LogP contribution in [0.5, 0.6) is 23.0 Å². The summed E-state index contributed by atoms with van der Waals surface area (Å²) in [5.41, 5.74) is 1.70. The first kappa shape index (κ1) is 19.3. The number of fused-ring (bicyclic) bond motifs is 1. The number of hydrogen-bond donors (Lipinski definition) is 0. The van der Waals surface area contributed by atoms with Crippen molar-refractivity contribution in [1.29, 1.82) is 0 Å². The molecule has 0 unspecified atom stereocenters. The first-order valence-corrected chi connectivity index (χ1v) is 8.48. The summed E-state index contributed by atoms with van der Waals surface area (Å²) in [6, 6.07) is 8.52. The molecule has 0 saturated heterocycles. The summed E-state index contributed by atoms with van der Waals surface area (Å²) in [4.78, 5) is 24.0. The summed E-state index contributed by atoms with van der Waals surface area (Å²) in [5.74, 6) is 1.47. The van der Waals surface area contributed by atoms with Crippen LogP contribution in [0.1, 0.15) is 21.5 Å². The van der Waals surface area contributed by atoms with Crippen LogP contribution in [0, 0.1) is 6.92 Å². The van der Waals surface area contributed by atoms with Crippen LogP contribution in [-0.4, -0.2) is 39.7 Å². The second-order valence-corrected chi connectivity index (χ2v) is 5.98. The molecule has 0 saturated carbocycles. The van der Waals surface area contributed by atoms with Crippen LogP contribution >= 0.6 is 0 Å². The molecule has 1 aliphatic heterocycles. The number of allylic oxidation sites excluding steroid dienone is 1. The lowest BCUT2D eigenvalue weighted by Gasteiger charge is -2.10. The van der Waals surface area contributed by atoms with Gasteiger partial charge in [-0.25, -0.2) is 4.79 Å². The molecule has 0 bridgehead atoms. The number of rotatable bonds is 6. The van der Waals surface area contributed by atoms with Crippen LogP contribution in [0.15, 0.2) is 36.1 Å². The minimum absolute atomic E-state index is 0.162. The van der Waals surface area contributed by atoms with Crippen molar-refractivity contribution in [1.82, 2.24) is 0 Å². The normalized spacial score (nSPS) is 13.7. The first-order valence-electron chi connectivity index (χ1n) is 8.48. The molecule has 0 aliphatic carbocycles. The number of Topliss-reactive ketones (excluding diaryl/α,β-unsaturated/α-hetero) is 1. The Morgan fingerprint density at radius 3 is 2.50 bits per heavy atom. The highest BCUT2D eigenvalue weighted by atomic mass is 16.6. The van der Waals surface area contributed by atoms with Gasteiger partial charge in [-0.1, -0.05) is 0 Å². The number of methoxy groups -OCH3 is 3. The van der Waals surface area contributed by atoms with Gasteiger partial charge in [-0.3, -0.25) is 4.79 Å². The summed E-state index contributed by atoms with van der Waals surface area (Å²) >= 11 is 0. The second kappa shape index (κ2) is 8.04. The fourth-order valence-corrected chi connectivity index (χ4v) is 2.81. The molecule has 0 aromatic heterocycles. The monoisotopic (exact) mass is 384 g/mol. The Labute approximate surface area is 162 Å². The fraction of sp³-hybridized carbons (Fsp3) is 0.238. The maximum Gasteiger partial charge on any atom is 0.343 e. The van der Waals surface area contributed by atoms with Gasteiger partial charge in [0.25, 0.3) is 0 Å². The number of hydrogen-bond acceptors (Lipinski definition) is 7. The van der Waals surface area contributed by atoms with E-state index in [-0.39, 0.29) is 18.1 Å². The number of esters is 1. The number of ether oxygens (including phenoxy) is 5. The van der Waals surface area contributed by atoms with Crippen molar-refractivity contribution in [3.05, 3.63) is 52.8 Å². The highest BCUT2D eigenvalue weighted by Gasteiger charge is 2.30. The maximum atomic E-state index is 12.8. The Kier molecular flexibility index (Phi) is 5.54. The molecule has 0 spiro atoms. The molecule has 0 amide bonds. The summed E-state index contributed by atoms with van der Waals surface area (Å²) in [6.45, 7) is 1.53. The van der Waals surface area contributed by atoms with Crippen molar-refractivity contribution < 1.29 is 33.3 Å². The van der Waals surface area contributed by atoms with Crippen LogP contribution in [0.4, 0.5) is 0 Å². The van der Waals surface area contributed by atoms with Gasteiger partial charge in [0.2, 0.25) is 5.78 Å². The lowest BCUT2D eigenvalue weighted by Crippen LogP contribution is -2.13. The predicted molar refractivity (Wildman–Crippen MR) is 101 cm³/mol. The van der Waals surface area contributed by atoms with Crippen LogP contribution in [0.25, 0.3) is 6.08 Å². The van der Waals surface area contributed by atoms with E-state index in [2.05, 4.69) is 4.74 Å². The van der Waals surface area contributed by atoms with Crippen LogP contribution in [-0.2, 0) is 9.53 Å². The van der Waals surface area contributed by atoms with E-state index in [1.54, 1.807) is 57.6 Å². The zero-order valence-electron chi connectivity index (χ0n) is 16.0. The standard InChI is InChI=1S/C21H20O7/c1-12-16(27-11-19(22)26-4)8-6-15-20(23)18(28-21(12)15)10-13-9-14(24-2)5-7-17(13)25-3/h5-10H,11H2,1-4H3/b18-10-. The van der Waals surface area contributed by atoms with Gasteiger partial charge >= 0.3 is 5.97 Å². The third-order valence-electron chi connectivity index (χ3n) is 4.33. The first-order chi connectivity index (χ1) is 13.5. The minimum atomic E-state index is -0.498. The molecule has 1 heterocycles. The molecule has 3 rings (SSSR count). The van der Waals surface area contributed by atoms with Crippen molar-refractivity contribution in [2.24, 2.45) is 0 Å². The van der Waals surface area contributed by atoms with E-state index >= 15 is 0 Å². The van der Waals surface area contributed by atoms with Crippen molar-refractivity contribution in [3.63, 3.8) is 0 Å². The predicted octanol–water partition coefficient (Wildman–Crippen LogP) is 3.18. The van der Waals surface area contributed by atoms with Crippen LogP contribution in [0.3, 0.4) is 0 Å². The van der Waals surface area contributed by atoms with Crippen LogP contribution < -0.4 is 18.9 Å². The van der Waals surface area contributed by atoms with E-state index in [1.165, 1.54) is 7.11 Å². The van der Waals surface area contributed by atoms with Gasteiger partial charge in [0.15, 0.2) is 12.4 Å². The van der Waals surface area contributed by atoms with E-state index in [0.717, 1.165) is 0 Å². The van der Waals surface area contributed by atoms with Gasteiger partial charge in [-0.2, -0.15) is 0 Å². The smallest absolute Gasteiger partial charge is 0.343 e. The molecule has 0 fully saturated rings. The summed E-state index contributed by atoms with van der Waals surface area (Å²) in [6.07, 6.45) is 1.61. The zero-order chi connectivity index (χ0) is 20.3. The average molecular weight is 384 g/mol. The van der Waals surface area contributed by atoms with Crippen molar-refractivity contribution >= 4 is 17.8 Å². The molecule has 1 aliphatic rings. The lowest BCUT2D eigenvalue weighted by molar-refractivity contribution is -0.142. The largest absolute Gasteiger partial charge is 0.497 e. The number of ketones is 1. The van der Waals surface area contributed by atoms with Crippen LogP contribution in [0.2, 0.25) is 0 Å². The van der Waals surface area contributed by atoms with E-state index in [4.69, 9.17) is 18.9 Å². The highest BCUT2D eigenvalue weighted by molar-refractivity contribution is 6.15. The fourth-order valence-electron chi connectivity index (χ4n) is 2.81.